The Hall–Kier alpha value is -0.570. The molecule has 1 heterocycles. The van der Waals surface area contributed by atoms with E-state index in [1.807, 2.05) is 4.90 Å². The number of nitrogens with one attached hydrogen (secondary N) is 1. The molecule has 1 rings (SSSR count). The second kappa shape index (κ2) is 3.72. The summed E-state index contributed by atoms with van der Waals surface area (Å²) >= 11 is 0. The molecule has 0 aromatic carbocycles. The minimum absolute atomic E-state index is 0.195. The summed E-state index contributed by atoms with van der Waals surface area (Å²) in [6.45, 7) is 6.55. The van der Waals surface area contributed by atoms with Crippen LogP contribution < -0.4 is 5.32 Å². The molecule has 0 aromatic heterocycles. The molecule has 0 saturated carbocycles. The van der Waals surface area contributed by atoms with Crippen LogP contribution >= 0.6 is 0 Å². The van der Waals surface area contributed by atoms with Gasteiger partial charge in [0.05, 0.1) is 0 Å². The Bertz CT molecular complexity index is 147. The van der Waals surface area contributed by atoms with E-state index in [1.54, 1.807) is 6.92 Å². The molecule has 1 aliphatic heterocycles. The highest BCUT2D eigenvalue weighted by Crippen LogP contribution is 1.99. The average Bonchev–Trinajstić information content (AvgIpc) is 2.13. The lowest BCUT2D eigenvalue weighted by Crippen LogP contribution is -2.37. The van der Waals surface area contributed by atoms with Crippen molar-refractivity contribution in [1.29, 1.82) is 0 Å². The van der Waals surface area contributed by atoms with Crippen LogP contribution in [0, 0.1) is 0 Å². The molecule has 1 aliphatic rings. The second-order valence-electron chi connectivity index (χ2n) is 3.17. The van der Waals surface area contributed by atoms with E-state index in [1.165, 1.54) is 0 Å². The van der Waals surface area contributed by atoms with Crippen LogP contribution in [0.4, 0.5) is 0 Å². The highest BCUT2D eigenvalue weighted by Gasteiger charge is 2.15. The minimum Gasteiger partial charge on any atom is -0.341 e. The van der Waals surface area contributed by atoms with Gasteiger partial charge in [-0.25, -0.2) is 0 Å². The molecule has 1 fully saturated rings. The van der Waals surface area contributed by atoms with Gasteiger partial charge in [-0.2, -0.15) is 0 Å². The van der Waals surface area contributed by atoms with Crippen LogP contribution in [0.5, 0.6) is 0 Å². The molecule has 0 aromatic rings. The summed E-state index contributed by atoms with van der Waals surface area (Å²) in [5, 5.41) is 3.34. The van der Waals surface area contributed by atoms with Crippen LogP contribution in [-0.2, 0) is 4.79 Å². The Morgan fingerprint density at radius 2 is 2.36 bits per heavy atom. The van der Waals surface area contributed by atoms with E-state index < -0.39 is 0 Å². The summed E-state index contributed by atoms with van der Waals surface area (Å²) in [7, 11) is 0. The first kappa shape index (κ1) is 8.53. The van der Waals surface area contributed by atoms with Crippen molar-refractivity contribution < 1.29 is 4.79 Å². The number of carbonyl (C=O) groups is 1. The van der Waals surface area contributed by atoms with Gasteiger partial charge in [0.15, 0.2) is 0 Å². The lowest BCUT2D eigenvalue weighted by Gasteiger charge is -2.20. The average molecular weight is 156 g/mol. The normalized spacial score (nSPS) is 26.4. The third-order valence-electron chi connectivity index (χ3n) is 2.04. The molecule has 1 saturated heterocycles. The Labute approximate surface area is 67.8 Å². The van der Waals surface area contributed by atoms with Crippen molar-refractivity contribution in [2.45, 2.75) is 26.3 Å². The highest BCUT2D eigenvalue weighted by molar-refractivity contribution is 5.73. The van der Waals surface area contributed by atoms with E-state index in [2.05, 4.69) is 12.2 Å². The Morgan fingerprint density at radius 3 is 3.00 bits per heavy atom. The third-order valence-corrected chi connectivity index (χ3v) is 2.04. The molecule has 1 amide bonds. The van der Waals surface area contributed by atoms with E-state index in [0.29, 0.717) is 6.04 Å². The molecule has 0 aliphatic carbocycles. The standard InChI is InChI=1S/C8H16N2O/c1-7-6-10(8(2)11)5-3-4-9-7/h7,9H,3-6H2,1-2H3. The SMILES string of the molecule is CC(=O)N1CCCNC(C)C1. The van der Waals surface area contributed by atoms with Crippen LogP contribution in [0.15, 0.2) is 0 Å². The van der Waals surface area contributed by atoms with E-state index in [-0.39, 0.29) is 5.91 Å². The first-order valence-corrected chi connectivity index (χ1v) is 4.19. The molecule has 0 radical (unpaired) electrons. The van der Waals surface area contributed by atoms with Crippen LogP contribution in [0.3, 0.4) is 0 Å². The second-order valence-corrected chi connectivity index (χ2v) is 3.17. The largest absolute Gasteiger partial charge is 0.341 e. The molecule has 64 valence electrons. The molecule has 3 nitrogen and oxygen atoms in total. The van der Waals surface area contributed by atoms with Gasteiger partial charge >= 0.3 is 0 Å². The minimum atomic E-state index is 0.195. The maximum absolute atomic E-state index is 11.0. The first-order valence-electron chi connectivity index (χ1n) is 4.19. The molecule has 3 heteroatoms. The van der Waals surface area contributed by atoms with Gasteiger partial charge in [0, 0.05) is 26.1 Å². The third kappa shape index (κ3) is 2.50. The first-order chi connectivity index (χ1) is 5.20. The number of amides is 1. The van der Waals surface area contributed by atoms with Crippen molar-refractivity contribution in [1.82, 2.24) is 10.2 Å². The maximum Gasteiger partial charge on any atom is 0.219 e. The van der Waals surface area contributed by atoms with Crippen molar-refractivity contribution in [2.75, 3.05) is 19.6 Å². The maximum atomic E-state index is 11.0. The fourth-order valence-corrected chi connectivity index (χ4v) is 1.39. The molecule has 11 heavy (non-hydrogen) atoms. The summed E-state index contributed by atoms with van der Waals surface area (Å²) in [4.78, 5) is 12.9. The molecule has 1 N–H and O–H groups in total. The van der Waals surface area contributed by atoms with E-state index in [4.69, 9.17) is 0 Å². The molecule has 1 atom stereocenters. The van der Waals surface area contributed by atoms with Crippen molar-refractivity contribution in [3.63, 3.8) is 0 Å². The topological polar surface area (TPSA) is 32.3 Å². The summed E-state index contributed by atoms with van der Waals surface area (Å²) < 4.78 is 0. The van der Waals surface area contributed by atoms with Gasteiger partial charge in [0.25, 0.3) is 0 Å². The van der Waals surface area contributed by atoms with E-state index in [9.17, 15) is 4.79 Å². The lowest BCUT2D eigenvalue weighted by atomic mass is 10.3. The Morgan fingerprint density at radius 1 is 1.64 bits per heavy atom. The Balaban J connectivity index is 2.45. The number of hydrogen-bond donors (Lipinski definition) is 1. The zero-order chi connectivity index (χ0) is 8.27. The summed E-state index contributed by atoms with van der Waals surface area (Å²) in [6.07, 6.45) is 1.07. The van der Waals surface area contributed by atoms with Crippen molar-refractivity contribution in [3.05, 3.63) is 0 Å². The summed E-state index contributed by atoms with van der Waals surface area (Å²) in [5.41, 5.74) is 0. The van der Waals surface area contributed by atoms with E-state index in [0.717, 1.165) is 26.1 Å². The molecule has 0 bridgehead atoms. The Kier molecular flexibility index (Phi) is 2.88. The monoisotopic (exact) mass is 156 g/mol. The highest BCUT2D eigenvalue weighted by atomic mass is 16.2. The fraction of sp³-hybridized carbons (Fsp3) is 0.875. The van der Waals surface area contributed by atoms with Gasteiger partial charge < -0.3 is 10.2 Å². The van der Waals surface area contributed by atoms with Crippen molar-refractivity contribution in [3.8, 4) is 0 Å². The van der Waals surface area contributed by atoms with Gasteiger partial charge in [-0.1, -0.05) is 0 Å². The van der Waals surface area contributed by atoms with Crippen LogP contribution in [0.1, 0.15) is 20.3 Å². The number of hydrogen-bond acceptors (Lipinski definition) is 2. The number of carbonyl (C=O) groups excluding carboxylic acids is 1. The lowest BCUT2D eigenvalue weighted by molar-refractivity contribution is -0.128. The quantitative estimate of drug-likeness (QED) is 0.544. The predicted octanol–water partition coefficient (Wildman–Crippen LogP) is 0.217. The number of nitrogens with zero attached hydrogens (tertiary/aromatic N) is 1. The van der Waals surface area contributed by atoms with Crippen LogP contribution in [-0.4, -0.2) is 36.5 Å². The van der Waals surface area contributed by atoms with Crippen molar-refractivity contribution in [2.24, 2.45) is 0 Å². The molecule has 1 unspecified atom stereocenters. The van der Waals surface area contributed by atoms with Crippen LogP contribution in [0.25, 0.3) is 0 Å². The zero-order valence-electron chi connectivity index (χ0n) is 7.26. The summed E-state index contributed by atoms with van der Waals surface area (Å²) in [6, 6.07) is 0.446. The smallest absolute Gasteiger partial charge is 0.219 e. The van der Waals surface area contributed by atoms with Gasteiger partial charge in [0.1, 0.15) is 0 Å². The van der Waals surface area contributed by atoms with Gasteiger partial charge in [0.2, 0.25) is 5.91 Å². The van der Waals surface area contributed by atoms with Crippen molar-refractivity contribution >= 4 is 5.91 Å². The van der Waals surface area contributed by atoms with Gasteiger partial charge in [-0.05, 0) is 19.9 Å². The van der Waals surface area contributed by atoms with Crippen LogP contribution in [0.2, 0.25) is 0 Å². The number of rotatable bonds is 0. The van der Waals surface area contributed by atoms with Gasteiger partial charge in [-0.15, -0.1) is 0 Å². The molecular formula is C8H16N2O. The predicted molar refractivity (Wildman–Crippen MR) is 44.3 cm³/mol. The van der Waals surface area contributed by atoms with E-state index >= 15 is 0 Å². The molecular weight excluding hydrogens is 140 g/mol. The fourth-order valence-electron chi connectivity index (χ4n) is 1.39. The molecule has 0 spiro atoms. The van der Waals surface area contributed by atoms with Gasteiger partial charge in [-0.3, -0.25) is 4.79 Å². The zero-order valence-corrected chi connectivity index (χ0v) is 7.26. The summed E-state index contributed by atoms with van der Waals surface area (Å²) in [5.74, 6) is 0.195.